The summed E-state index contributed by atoms with van der Waals surface area (Å²) in [6, 6.07) is 6.61. The highest BCUT2D eigenvalue weighted by molar-refractivity contribution is 5.68. The Balaban J connectivity index is 1.48. The predicted molar refractivity (Wildman–Crippen MR) is 121 cm³/mol. The standard InChI is InChI=1S/C24H33N5O2/c1-23(2,3)31-22(30)29-13-11-28(12-14-29)21-26-16-25-20(27-21)18-9-8-17-7-6-10-24(4,5)19(17)15-18/h8-9,15-16H,6-7,10-14H2,1-5H3. The van der Waals surface area contributed by atoms with Gasteiger partial charge in [0.05, 0.1) is 0 Å². The highest BCUT2D eigenvalue weighted by Gasteiger charge is 2.29. The summed E-state index contributed by atoms with van der Waals surface area (Å²) >= 11 is 0. The largest absolute Gasteiger partial charge is 0.444 e. The second kappa shape index (κ2) is 8.09. The molecule has 31 heavy (non-hydrogen) atoms. The second-order valence-corrected chi connectivity index (χ2v) is 10.2. The Morgan fingerprint density at radius 1 is 1.10 bits per heavy atom. The second-order valence-electron chi connectivity index (χ2n) is 10.2. The third kappa shape index (κ3) is 4.81. The van der Waals surface area contributed by atoms with Crippen molar-refractivity contribution in [3.63, 3.8) is 0 Å². The fraction of sp³-hybridized carbons (Fsp3) is 0.583. The molecule has 1 aliphatic heterocycles. The number of hydrogen-bond donors (Lipinski definition) is 0. The molecular formula is C24H33N5O2. The number of piperazine rings is 1. The van der Waals surface area contributed by atoms with Gasteiger partial charge < -0.3 is 14.5 Å². The molecule has 7 heteroatoms. The van der Waals surface area contributed by atoms with Crippen LogP contribution in [-0.4, -0.2) is 57.7 Å². The summed E-state index contributed by atoms with van der Waals surface area (Å²) in [5, 5.41) is 0. The molecule has 0 N–H and O–H groups in total. The lowest BCUT2D eigenvalue weighted by Crippen LogP contribution is -2.50. The van der Waals surface area contributed by atoms with Gasteiger partial charge in [-0.2, -0.15) is 4.98 Å². The van der Waals surface area contributed by atoms with E-state index >= 15 is 0 Å². The normalized spacial score (nSPS) is 18.5. The van der Waals surface area contributed by atoms with Crippen LogP contribution in [0.1, 0.15) is 58.6 Å². The van der Waals surface area contributed by atoms with Gasteiger partial charge in [-0.15, -0.1) is 0 Å². The van der Waals surface area contributed by atoms with Crippen molar-refractivity contribution in [3.05, 3.63) is 35.7 Å². The van der Waals surface area contributed by atoms with Gasteiger partial charge in [0.2, 0.25) is 5.95 Å². The van der Waals surface area contributed by atoms with E-state index in [2.05, 4.69) is 46.9 Å². The van der Waals surface area contributed by atoms with Crippen LogP contribution in [0.5, 0.6) is 0 Å². The van der Waals surface area contributed by atoms with Crippen molar-refractivity contribution >= 4 is 12.0 Å². The lowest BCUT2D eigenvalue weighted by atomic mass is 9.72. The number of amides is 1. The molecule has 0 unspecified atom stereocenters. The van der Waals surface area contributed by atoms with Gasteiger partial charge in [0.25, 0.3) is 0 Å². The summed E-state index contributed by atoms with van der Waals surface area (Å²) in [4.78, 5) is 29.8. The van der Waals surface area contributed by atoms with E-state index in [1.807, 2.05) is 20.8 Å². The number of carbonyl (C=O) groups is 1. The Kier molecular flexibility index (Phi) is 5.62. The Hall–Kier alpha value is -2.70. The minimum absolute atomic E-state index is 0.178. The van der Waals surface area contributed by atoms with Gasteiger partial charge >= 0.3 is 6.09 Å². The maximum atomic E-state index is 12.3. The number of anilines is 1. The molecule has 1 aromatic heterocycles. The van der Waals surface area contributed by atoms with Crippen LogP contribution in [0.15, 0.2) is 24.5 Å². The predicted octanol–water partition coefficient (Wildman–Crippen LogP) is 4.21. The molecule has 1 aromatic carbocycles. The molecule has 0 spiro atoms. The zero-order valence-electron chi connectivity index (χ0n) is 19.3. The molecule has 1 aliphatic carbocycles. The first-order valence-corrected chi connectivity index (χ1v) is 11.2. The topological polar surface area (TPSA) is 71.5 Å². The van der Waals surface area contributed by atoms with Crippen LogP contribution < -0.4 is 4.90 Å². The van der Waals surface area contributed by atoms with E-state index in [-0.39, 0.29) is 11.5 Å². The first kappa shape index (κ1) is 21.5. The molecular weight excluding hydrogens is 390 g/mol. The van der Waals surface area contributed by atoms with Gasteiger partial charge in [-0.1, -0.05) is 26.0 Å². The van der Waals surface area contributed by atoms with Crippen molar-refractivity contribution < 1.29 is 9.53 Å². The molecule has 166 valence electrons. The maximum Gasteiger partial charge on any atom is 0.410 e. The highest BCUT2D eigenvalue weighted by atomic mass is 16.6. The van der Waals surface area contributed by atoms with E-state index in [0.717, 1.165) is 12.0 Å². The van der Waals surface area contributed by atoms with E-state index in [0.29, 0.717) is 38.0 Å². The molecule has 2 aromatic rings. The molecule has 0 saturated carbocycles. The molecule has 1 amide bonds. The van der Waals surface area contributed by atoms with Gasteiger partial charge in [-0.05, 0) is 62.6 Å². The first-order chi connectivity index (χ1) is 14.6. The monoisotopic (exact) mass is 423 g/mol. The molecule has 4 rings (SSSR count). The number of aromatic nitrogens is 3. The van der Waals surface area contributed by atoms with E-state index in [1.54, 1.807) is 11.2 Å². The lowest BCUT2D eigenvalue weighted by Gasteiger charge is -2.35. The van der Waals surface area contributed by atoms with Crippen LogP contribution in [0.2, 0.25) is 0 Å². The molecule has 7 nitrogen and oxygen atoms in total. The third-order valence-corrected chi connectivity index (χ3v) is 6.12. The molecule has 0 atom stereocenters. The third-order valence-electron chi connectivity index (χ3n) is 6.12. The van der Waals surface area contributed by atoms with Gasteiger partial charge in [-0.3, -0.25) is 0 Å². The molecule has 2 heterocycles. The Bertz CT molecular complexity index is 959. The number of carbonyl (C=O) groups excluding carboxylic acids is 1. The smallest absolute Gasteiger partial charge is 0.410 e. The SMILES string of the molecule is CC(C)(C)OC(=O)N1CCN(c2ncnc(-c3ccc4c(c3)C(C)(C)CCC4)n2)CC1. The quantitative estimate of drug-likeness (QED) is 0.721. The summed E-state index contributed by atoms with van der Waals surface area (Å²) in [5.74, 6) is 1.36. The number of fused-ring (bicyclic) bond motifs is 1. The van der Waals surface area contributed by atoms with Crippen LogP contribution in [-0.2, 0) is 16.6 Å². The summed E-state index contributed by atoms with van der Waals surface area (Å²) < 4.78 is 5.48. The van der Waals surface area contributed by atoms with Crippen molar-refractivity contribution in [3.8, 4) is 11.4 Å². The van der Waals surface area contributed by atoms with Crippen LogP contribution in [0, 0.1) is 0 Å². The van der Waals surface area contributed by atoms with E-state index in [9.17, 15) is 4.79 Å². The van der Waals surface area contributed by atoms with Crippen LogP contribution in [0.4, 0.5) is 10.7 Å². The van der Waals surface area contributed by atoms with Gasteiger partial charge in [0.15, 0.2) is 5.82 Å². The van der Waals surface area contributed by atoms with Crippen molar-refractivity contribution in [1.82, 2.24) is 19.9 Å². The highest BCUT2D eigenvalue weighted by Crippen LogP contribution is 2.38. The van der Waals surface area contributed by atoms with E-state index < -0.39 is 5.60 Å². The van der Waals surface area contributed by atoms with Gasteiger partial charge in [0, 0.05) is 31.7 Å². The number of hydrogen-bond acceptors (Lipinski definition) is 6. The fourth-order valence-electron chi connectivity index (χ4n) is 4.41. The molecule has 1 fully saturated rings. The average molecular weight is 424 g/mol. The summed E-state index contributed by atoms with van der Waals surface area (Å²) in [7, 11) is 0. The van der Waals surface area contributed by atoms with Crippen LogP contribution in [0.3, 0.4) is 0 Å². The molecule has 2 aliphatic rings. The molecule has 0 radical (unpaired) electrons. The summed E-state index contributed by atoms with van der Waals surface area (Å²) in [6.45, 7) is 12.8. The van der Waals surface area contributed by atoms with Crippen molar-refractivity contribution in [2.24, 2.45) is 0 Å². The Morgan fingerprint density at radius 2 is 1.84 bits per heavy atom. The molecule has 1 saturated heterocycles. The lowest BCUT2D eigenvalue weighted by molar-refractivity contribution is 0.0240. The zero-order chi connectivity index (χ0) is 22.2. The van der Waals surface area contributed by atoms with Gasteiger partial charge in [-0.25, -0.2) is 14.8 Å². The number of rotatable bonds is 2. The Morgan fingerprint density at radius 3 is 2.55 bits per heavy atom. The van der Waals surface area contributed by atoms with E-state index in [4.69, 9.17) is 9.72 Å². The number of ether oxygens (including phenoxy) is 1. The number of benzene rings is 1. The minimum Gasteiger partial charge on any atom is -0.444 e. The zero-order valence-corrected chi connectivity index (χ0v) is 19.3. The van der Waals surface area contributed by atoms with Crippen molar-refractivity contribution in [2.45, 2.75) is 64.9 Å². The maximum absolute atomic E-state index is 12.3. The molecule has 0 bridgehead atoms. The number of aryl methyl sites for hydroxylation is 1. The van der Waals surface area contributed by atoms with Crippen LogP contribution in [0.25, 0.3) is 11.4 Å². The minimum atomic E-state index is -0.485. The summed E-state index contributed by atoms with van der Waals surface area (Å²) in [6.07, 6.45) is 4.91. The fourth-order valence-corrected chi connectivity index (χ4v) is 4.41. The van der Waals surface area contributed by atoms with E-state index in [1.165, 1.54) is 24.0 Å². The number of nitrogens with zero attached hydrogens (tertiary/aromatic N) is 5. The Labute approximate surface area is 184 Å². The summed E-state index contributed by atoms with van der Waals surface area (Å²) in [5.41, 5.74) is 3.57. The van der Waals surface area contributed by atoms with Crippen molar-refractivity contribution in [2.75, 3.05) is 31.1 Å². The first-order valence-electron chi connectivity index (χ1n) is 11.2. The van der Waals surface area contributed by atoms with Crippen molar-refractivity contribution in [1.29, 1.82) is 0 Å². The average Bonchev–Trinajstić information content (AvgIpc) is 2.72. The van der Waals surface area contributed by atoms with Gasteiger partial charge in [0.1, 0.15) is 11.9 Å². The van der Waals surface area contributed by atoms with Crippen LogP contribution >= 0.6 is 0 Å².